The van der Waals surface area contributed by atoms with Crippen LogP contribution in [-0.4, -0.2) is 22.4 Å². The standard InChI is InChI=1S/C21H20ClF2NO2S/c22-16-5-3-13(21(27)25-14-4-6-17(23)18(24)10-14)9-19(16)28-15-7-11-1-2-12(8-15)20(11)26/h3-6,9-12,15,20,26H,1-2,7-8H2,(H,25,27)/t11-,12?,15?,20?/m0/s1. The van der Waals surface area contributed by atoms with Crippen LogP contribution in [0, 0.1) is 23.5 Å². The number of halogens is 3. The molecule has 2 N–H and O–H groups in total. The molecule has 0 spiro atoms. The summed E-state index contributed by atoms with van der Waals surface area (Å²) in [7, 11) is 0. The topological polar surface area (TPSA) is 49.3 Å². The number of aliphatic hydroxyl groups excluding tert-OH is 1. The molecule has 2 bridgehead atoms. The minimum atomic E-state index is -1.01. The SMILES string of the molecule is O=C(Nc1ccc(F)c(F)c1)c1ccc(Cl)c(SC2CC3CC[C@@H](C2)C3O)c1. The number of carbonyl (C=O) groups excluding carboxylic acids is 1. The van der Waals surface area contributed by atoms with Crippen LogP contribution >= 0.6 is 23.4 Å². The molecule has 4 rings (SSSR count). The number of rotatable bonds is 4. The van der Waals surface area contributed by atoms with E-state index in [1.54, 1.807) is 30.0 Å². The molecule has 7 heteroatoms. The van der Waals surface area contributed by atoms with E-state index in [1.807, 2.05) is 0 Å². The van der Waals surface area contributed by atoms with Crippen LogP contribution in [0.3, 0.4) is 0 Å². The van der Waals surface area contributed by atoms with Crippen LogP contribution in [0.25, 0.3) is 0 Å². The van der Waals surface area contributed by atoms with Crippen LogP contribution in [0.2, 0.25) is 5.02 Å². The smallest absolute Gasteiger partial charge is 0.255 e. The predicted octanol–water partition coefficient (Wildman–Crippen LogP) is 5.51. The van der Waals surface area contributed by atoms with Crippen molar-refractivity contribution >= 4 is 35.0 Å². The van der Waals surface area contributed by atoms with E-state index in [1.165, 1.54) is 6.07 Å². The monoisotopic (exact) mass is 423 g/mol. The van der Waals surface area contributed by atoms with E-state index in [4.69, 9.17) is 11.6 Å². The van der Waals surface area contributed by atoms with E-state index < -0.39 is 17.5 Å². The number of fused-ring (bicyclic) bond motifs is 2. The number of nitrogens with one attached hydrogen (secondary N) is 1. The Morgan fingerprint density at radius 2 is 1.79 bits per heavy atom. The number of hydrogen-bond donors (Lipinski definition) is 2. The molecular weight excluding hydrogens is 404 g/mol. The van der Waals surface area contributed by atoms with Crippen molar-refractivity contribution in [1.29, 1.82) is 0 Å². The van der Waals surface area contributed by atoms with Gasteiger partial charge in [-0.25, -0.2) is 8.78 Å². The normalized spacial score (nSPS) is 26.3. The molecule has 3 nitrogen and oxygen atoms in total. The molecule has 0 aliphatic heterocycles. The van der Waals surface area contributed by atoms with Gasteiger partial charge in [0.25, 0.3) is 5.91 Å². The Balaban J connectivity index is 1.47. The second-order valence-corrected chi connectivity index (χ2v) is 9.28. The van der Waals surface area contributed by atoms with Crippen molar-refractivity contribution < 1.29 is 18.7 Å². The quantitative estimate of drug-likeness (QED) is 0.681. The molecule has 0 heterocycles. The van der Waals surface area contributed by atoms with Gasteiger partial charge in [0, 0.05) is 27.5 Å². The first-order valence-electron chi connectivity index (χ1n) is 9.31. The van der Waals surface area contributed by atoms with E-state index >= 15 is 0 Å². The number of thioether (sulfide) groups is 1. The lowest BCUT2D eigenvalue weighted by atomic mass is 9.86. The minimum absolute atomic E-state index is 0.180. The minimum Gasteiger partial charge on any atom is -0.393 e. The van der Waals surface area contributed by atoms with Crippen molar-refractivity contribution in [3.05, 3.63) is 58.6 Å². The molecule has 4 atom stereocenters. The van der Waals surface area contributed by atoms with Gasteiger partial charge in [-0.05, 0) is 67.9 Å². The molecule has 3 unspecified atom stereocenters. The van der Waals surface area contributed by atoms with Gasteiger partial charge in [0.05, 0.1) is 11.1 Å². The Hall–Kier alpha value is -1.63. The Labute approximate surface area is 171 Å². The van der Waals surface area contributed by atoms with Gasteiger partial charge in [-0.1, -0.05) is 11.6 Å². The summed E-state index contributed by atoms with van der Waals surface area (Å²) < 4.78 is 26.4. The van der Waals surface area contributed by atoms with Gasteiger partial charge in [-0.2, -0.15) is 0 Å². The number of amides is 1. The van der Waals surface area contributed by atoms with Crippen molar-refractivity contribution in [3.8, 4) is 0 Å². The Bertz CT molecular complexity index is 896. The molecule has 2 aromatic rings. The maximum atomic E-state index is 13.3. The van der Waals surface area contributed by atoms with Gasteiger partial charge >= 0.3 is 0 Å². The van der Waals surface area contributed by atoms with Crippen LogP contribution in [-0.2, 0) is 0 Å². The number of hydrogen-bond acceptors (Lipinski definition) is 3. The molecule has 1 amide bonds. The molecule has 28 heavy (non-hydrogen) atoms. The first-order valence-corrected chi connectivity index (χ1v) is 10.6. The average molecular weight is 424 g/mol. The highest BCUT2D eigenvalue weighted by Gasteiger charge is 2.42. The zero-order valence-corrected chi connectivity index (χ0v) is 16.6. The van der Waals surface area contributed by atoms with Crippen molar-refractivity contribution in [2.24, 2.45) is 11.8 Å². The zero-order valence-electron chi connectivity index (χ0n) is 15.0. The van der Waals surface area contributed by atoms with Crippen LogP contribution < -0.4 is 5.32 Å². The van der Waals surface area contributed by atoms with Gasteiger partial charge < -0.3 is 10.4 Å². The van der Waals surface area contributed by atoms with E-state index in [0.717, 1.165) is 42.7 Å². The highest BCUT2D eigenvalue weighted by Crippen LogP contribution is 2.48. The third-order valence-corrected chi connectivity index (χ3v) is 7.42. The Morgan fingerprint density at radius 1 is 1.07 bits per heavy atom. The van der Waals surface area contributed by atoms with Gasteiger partial charge in [0.1, 0.15) is 0 Å². The van der Waals surface area contributed by atoms with Crippen molar-refractivity contribution in [2.75, 3.05) is 5.32 Å². The molecular formula is C21H20ClF2NO2S. The Morgan fingerprint density at radius 3 is 2.46 bits per heavy atom. The average Bonchev–Trinajstić information content (AvgIpc) is 2.88. The zero-order chi connectivity index (χ0) is 19.8. The molecule has 0 saturated heterocycles. The molecule has 2 saturated carbocycles. The Kier molecular flexibility index (Phi) is 5.63. The van der Waals surface area contributed by atoms with Crippen LogP contribution in [0.5, 0.6) is 0 Å². The molecule has 2 aliphatic rings. The fourth-order valence-corrected chi connectivity index (χ4v) is 5.90. The highest BCUT2D eigenvalue weighted by molar-refractivity contribution is 8.00. The highest BCUT2D eigenvalue weighted by atomic mass is 35.5. The molecule has 0 aromatic heterocycles. The maximum absolute atomic E-state index is 13.3. The van der Waals surface area contributed by atoms with Gasteiger partial charge in [-0.3, -0.25) is 4.79 Å². The van der Waals surface area contributed by atoms with Crippen molar-refractivity contribution in [2.45, 2.75) is 41.9 Å². The second kappa shape index (κ2) is 8.01. The summed E-state index contributed by atoms with van der Waals surface area (Å²) in [5.74, 6) is -1.68. The van der Waals surface area contributed by atoms with Gasteiger partial charge in [-0.15, -0.1) is 11.8 Å². The summed E-state index contributed by atoms with van der Waals surface area (Å²) in [6.07, 6.45) is 3.87. The fourth-order valence-electron chi connectivity index (χ4n) is 4.23. The maximum Gasteiger partial charge on any atom is 0.255 e. The largest absolute Gasteiger partial charge is 0.393 e. The van der Waals surface area contributed by atoms with E-state index in [2.05, 4.69) is 5.32 Å². The van der Waals surface area contributed by atoms with E-state index in [9.17, 15) is 18.7 Å². The lowest BCUT2D eigenvalue weighted by Crippen LogP contribution is -2.31. The van der Waals surface area contributed by atoms with Crippen molar-refractivity contribution in [3.63, 3.8) is 0 Å². The summed E-state index contributed by atoms with van der Waals surface area (Å²) in [5.41, 5.74) is 0.585. The van der Waals surface area contributed by atoms with Gasteiger partial charge in [0.2, 0.25) is 0 Å². The third kappa shape index (κ3) is 4.04. The lowest BCUT2D eigenvalue weighted by molar-refractivity contribution is 0.0628. The first kappa shape index (κ1) is 19.7. The number of carbonyl (C=O) groups is 1. The van der Waals surface area contributed by atoms with E-state index in [0.29, 0.717) is 27.7 Å². The third-order valence-electron chi connectivity index (χ3n) is 5.67. The molecule has 0 radical (unpaired) electrons. The summed E-state index contributed by atoms with van der Waals surface area (Å²) in [6, 6.07) is 8.24. The summed E-state index contributed by atoms with van der Waals surface area (Å²) >= 11 is 7.99. The molecule has 2 aliphatic carbocycles. The molecule has 2 fully saturated rings. The molecule has 148 valence electrons. The molecule has 2 aromatic carbocycles. The predicted molar refractivity (Wildman–Crippen MR) is 107 cm³/mol. The first-order chi connectivity index (χ1) is 13.4. The lowest BCUT2D eigenvalue weighted by Gasteiger charge is -2.32. The van der Waals surface area contributed by atoms with E-state index in [-0.39, 0.29) is 11.8 Å². The second-order valence-electron chi connectivity index (χ2n) is 7.53. The van der Waals surface area contributed by atoms with Crippen LogP contribution in [0.1, 0.15) is 36.0 Å². The summed E-state index contributed by atoms with van der Waals surface area (Å²) in [5, 5.41) is 13.7. The number of aliphatic hydroxyl groups is 1. The van der Waals surface area contributed by atoms with Crippen LogP contribution in [0.15, 0.2) is 41.3 Å². The number of anilines is 1. The number of benzene rings is 2. The van der Waals surface area contributed by atoms with Crippen LogP contribution in [0.4, 0.5) is 14.5 Å². The summed E-state index contributed by atoms with van der Waals surface area (Å²) in [4.78, 5) is 13.3. The van der Waals surface area contributed by atoms with Crippen molar-refractivity contribution in [1.82, 2.24) is 0 Å². The van der Waals surface area contributed by atoms with Gasteiger partial charge in [0.15, 0.2) is 11.6 Å². The summed E-state index contributed by atoms with van der Waals surface area (Å²) in [6.45, 7) is 0. The fraction of sp³-hybridized carbons (Fsp3) is 0.381.